The molecule has 1 heterocycles. The summed E-state index contributed by atoms with van der Waals surface area (Å²) >= 11 is 0. The van der Waals surface area contributed by atoms with Gasteiger partial charge in [-0.1, -0.05) is 6.07 Å². The van der Waals surface area contributed by atoms with Gasteiger partial charge in [0.25, 0.3) is 5.56 Å². The first-order chi connectivity index (χ1) is 10.0. The van der Waals surface area contributed by atoms with Gasteiger partial charge in [0.1, 0.15) is 5.75 Å². The zero-order chi connectivity index (χ0) is 15.0. The molecule has 3 rings (SSSR count). The summed E-state index contributed by atoms with van der Waals surface area (Å²) in [5.74, 6) is -0.0168. The second-order valence-corrected chi connectivity index (χ2v) is 4.96. The fraction of sp³-hybridized carbons (Fsp3) is 0.125. The number of ether oxygens (including phenoxy) is 1. The Hall–Kier alpha value is -2.69. The Kier molecular flexibility index (Phi) is 3.17. The van der Waals surface area contributed by atoms with Crippen molar-refractivity contribution in [1.82, 2.24) is 9.97 Å². The van der Waals surface area contributed by atoms with E-state index in [9.17, 15) is 9.18 Å². The van der Waals surface area contributed by atoms with Gasteiger partial charge in [0.05, 0.1) is 17.2 Å². The fourth-order valence-corrected chi connectivity index (χ4v) is 2.27. The maximum atomic E-state index is 14.1. The molecule has 2 aromatic carbocycles. The van der Waals surface area contributed by atoms with Gasteiger partial charge in [0, 0.05) is 6.07 Å². The van der Waals surface area contributed by atoms with Gasteiger partial charge in [-0.05, 0) is 43.2 Å². The van der Waals surface area contributed by atoms with Crippen LogP contribution in [0.2, 0.25) is 0 Å². The van der Waals surface area contributed by atoms with Crippen molar-refractivity contribution in [3.63, 3.8) is 0 Å². The second-order valence-electron chi connectivity index (χ2n) is 4.96. The fourth-order valence-electron chi connectivity index (χ4n) is 2.27. The molecule has 0 amide bonds. The molecule has 4 nitrogen and oxygen atoms in total. The highest BCUT2D eigenvalue weighted by atomic mass is 19.1. The molecule has 0 fully saturated rings. The van der Waals surface area contributed by atoms with Crippen LogP contribution < -0.4 is 10.3 Å². The van der Waals surface area contributed by atoms with Gasteiger partial charge in [-0.2, -0.15) is 0 Å². The summed E-state index contributed by atoms with van der Waals surface area (Å²) in [6.07, 6.45) is 1.24. The molecular formula is C16H13FN2O2. The first kappa shape index (κ1) is 13.3. The van der Waals surface area contributed by atoms with E-state index in [0.29, 0.717) is 16.7 Å². The Morgan fingerprint density at radius 3 is 2.52 bits per heavy atom. The topological polar surface area (TPSA) is 55.0 Å². The molecule has 0 spiro atoms. The van der Waals surface area contributed by atoms with E-state index in [1.54, 1.807) is 0 Å². The van der Waals surface area contributed by atoms with Gasteiger partial charge in [-0.3, -0.25) is 4.79 Å². The van der Waals surface area contributed by atoms with Crippen molar-refractivity contribution in [1.29, 1.82) is 0 Å². The number of rotatable bonds is 2. The van der Waals surface area contributed by atoms with Crippen LogP contribution in [-0.2, 0) is 0 Å². The number of aromatic nitrogens is 2. The van der Waals surface area contributed by atoms with E-state index in [0.717, 1.165) is 11.1 Å². The van der Waals surface area contributed by atoms with E-state index in [1.165, 1.54) is 18.5 Å². The average molecular weight is 284 g/mol. The van der Waals surface area contributed by atoms with Crippen LogP contribution in [0.15, 0.2) is 41.5 Å². The van der Waals surface area contributed by atoms with Crippen LogP contribution in [0.1, 0.15) is 11.1 Å². The van der Waals surface area contributed by atoms with Gasteiger partial charge < -0.3 is 9.72 Å². The molecule has 106 valence electrons. The number of hydrogen-bond donors (Lipinski definition) is 1. The third kappa shape index (κ3) is 2.63. The van der Waals surface area contributed by atoms with E-state index < -0.39 is 5.82 Å². The summed E-state index contributed by atoms with van der Waals surface area (Å²) < 4.78 is 19.6. The number of nitrogens with zero attached hydrogens (tertiary/aromatic N) is 1. The number of benzene rings is 2. The second kappa shape index (κ2) is 5.01. The molecule has 0 saturated heterocycles. The number of fused-ring (bicyclic) bond motifs is 1. The van der Waals surface area contributed by atoms with Crippen LogP contribution in [0.3, 0.4) is 0 Å². The van der Waals surface area contributed by atoms with Crippen LogP contribution >= 0.6 is 0 Å². The standard InChI is InChI=1S/C16H13FN2O2/c1-9-3-10(2)5-11(4-9)21-15-6-12-14(7-13(15)17)18-8-19-16(12)20/h3-8H,1-2H3,(H,18,19,20). The molecule has 0 aliphatic carbocycles. The summed E-state index contributed by atoms with van der Waals surface area (Å²) in [7, 11) is 0. The van der Waals surface area contributed by atoms with E-state index >= 15 is 0 Å². The Bertz CT molecular complexity index is 867. The van der Waals surface area contributed by atoms with Crippen LogP contribution in [0.5, 0.6) is 11.5 Å². The maximum absolute atomic E-state index is 14.1. The largest absolute Gasteiger partial charge is 0.454 e. The molecule has 1 N–H and O–H groups in total. The minimum Gasteiger partial charge on any atom is -0.454 e. The van der Waals surface area contributed by atoms with Gasteiger partial charge in [-0.15, -0.1) is 0 Å². The van der Waals surface area contributed by atoms with Gasteiger partial charge in [0.2, 0.25) is 0 Å². The molecule has 5 heteroatoms. The number of H-pyrrole nitrogens is 1. The van der Waals surface area contributed by atoms with Gasteiger partial charge in [0.15, 0.2) is 11.6 Å². The molecule has 0 unspecified atom stereocenters. The number of halogens is 1. The predicted molar refractivity (Wildman–Crippen MR) is 78.3 cm³/mol. The third-order valence-corrected chi connectivity index (χ3v) is 3.12. The smallest absolute Gasteiger partial charge is 0.258 e. The van der Waals surface area contributed by atoms with E-state index in [2.05, 4.69) is 9.97 Å². The van der Waals surface area contributed by atoms with Crippen molar-refractivity contribution in [2.75, 3.05) is 0 Å². The number of nitrogens with one attached hydrogen (secondary N) is 1. The van der Waals surface area contributed by atoms with Crippen molar-refractivity contribution in [2.24, 2.45) is 0 Å². The Labute approximate surface area is 120 Å². The molecule has 0 radical (unpaired) electrons. The number of aryl methyl sites for hydroxylation is 2. The first-order valence-corrected chi connectivity index (χ1v) is 6.46. The lowest BCUT2D eigenvalue weighted by atomic mass is 10.1. The highest BCUT2D eigenvalue weighted by Gasteiger charge is 2.10. The molecule has 0 saturated carbocycles. The molecular weight excluding hydrogens is 271 g/mol. The lowest BCUT2D eigenvalue weighted by Crippen LogP contribution is -2.06. The molecule has 0 aliphatic heterocycles. The summed E-state index contributed by atoms with van der Waals surface area (Å²) in [5, 5.41) is 0.290. The molecule has 0 atom stereocenters. The minimum absolute atomic E-state index is 0.00556. The van der Waals surface area contributed by atoms with E-state index in [4.69, 9.17) is 4.74 Å². The first-order valence-electron chi connectivity index (χ1n) is 6.46. The summed E-state index contributed by atoms with van der Waals surface area (Å²) in [6.45, 7) is 3.87. The van der Waals surface area contributed by atoms with E-state index in [1.807, 2.05) is 32.0 Å². The van der Waals surface area contributed by atoms with Crippen molar-refractivity contribution in [3.05, 3.63) is 64.0 Å². The summed E-state index contributed by atoms with van der Waals surface area (Å²) in [6, 6.07) is 8.18. The Morgan fingerprint density at radius 2 is 1.81 bits per heavy atom. The zero-order valence-corrected chi connectivity index (χ0v) is 11.6. The molecule has 0 bridgehead atoms. The third-order valence-electron chi connectivity index (χ3n) is 3.12. The lowest BCUT2D eigenvalue weighted by molar-refractivity contribution is 0.443. The van der Waals surface area contributed by atoms with Crippen molar-refractivity contribution < 1.29 is 9.13 Å². The van der Waals surface area contributed by atoms with Crippen LogP contribution in [-0.4, -0.2) is 9.97 Å². The van der Waals surface area contributed by atoms with Gasteiger partial charge >= 0.3 is 0 Å². The Balaban J connectivity index is 2.10. The SMILES string of the molecule is Cc1cc(C)cc(Oc2cc3c(=O)[nH]cnc3cc2F)c1. The van der Waals surface area contributed by atoms with Gasteiger partial charge in [-0.25, -0.2) is 9.37 Å². The van der Waals surface area contributed by atoms with Crippen molar-refractivity contribution in [2.45, 2.75) is 13.8 Å². The highest BCUT2D eigenvalue weighted by molar-refractivity contribution is 5.79. The molecule has 1 aromatic heterocycles. The average Bonchev–Trinajstić information content (AvgIpc) is 2.39. The van der Waals surface area contributed by atoms with Crippen molar-refractivity contribution >= 4 is 10.9 Å². The highest BCUT2D eigenvalue weighted by Crippen LogP contribution is 2.28. The zero-order valence-electron chi connectivity index (χ0n) is 11.6. The molecule has 21 heavy (non-hydrogen) atoms. The van der Waals surface area contributed by atoms with Crippen LogP contribution in [0.25, 0.3) is 10.9 Å². The van der Waals surface area contributed by atoms with E-state index in [-0.39, 0.29) is 11.3 Å². The quantitative estimate of drug-likeness (QED) is 0.784. The van der Waals surface area contributed by atoms with Crippen LogP contribution in [0, 0.1) is 19.7 Å². The minimum atomic E-state index is -0.556. The predicted octanol–water partition coefficient (Wildman–Crippen LogP) is 3.47. The summed E-state index contributed by atoms with van der Waals surface area (Å²) in [5.41, 5.74) is 2.01. The maximum Gasteiger partial charge on any atom is 0.258 e. The Morgan fingerprint density at radius 1 is 1.10 bits per heavy atom. The molecule has 0 aliphatic rings. The number of aromatic amines is 1. The number of hydrogen-bond acceptors (Lipinski definition) is 3. The summed E-state index contributed by atoms with van der Waals surface area (Å²) in [4.78, 5) is 18.1. The lowest BCUT2D eigenvalue weighted by Gasteiger charge is -2.09. The molecule has 3 aromatic rings. The van der Waals surface area contributed by atoms with Crippen molar-refractivity contribution in [3.8, 4) is 11.5 Å². The van der Waals surface area contributed by atoms with Crippen LogP contribution in [0.4, 0.5) is 4.39 Å². The monoisotopic (exact) mass is 284 g/mol. The normalized spacial score (nSPS) is 10.8.